The van der Waals surface area contributed by atoms with E-state index in [9.17, 15) is 0 Å². The Bertz CT molecular complexity index is 5.51. The summed E-state index contributed by atoms with van der Waals surface area (Å²) in [6.45, 7) is 0. The smallest absolute Gasteiger partial charge is 1.00 e. The van der Waals surface area contributed by atoms with Crippen molar-refractivity contribution in [1.82, 2.24) is 0 Å². The molecule has 6 heavy (non-hydrogen) atoms. The average molecular weight is 603 g/mol. The molecule has 0 fully saturated rings. The first kappa shape index (κ1) is 47.8. The van der Waals surface area contributed by atoms with Crippen molar-refractivity contribution in [1.29, 1.82) is 0 Å². The van der Waals surface area contributed by atoms with Crippen molar-refractivity contribution < 1.29 is 139 Å². The summed E-state index contributed by atoms with van der Waals surface area (Å²) in [4.78, 5) is 0. The van der Waals surface area contributed by atoms with Gasteiger partial charge < -0.3 is 95.9 Å². The Hall–Kier alpha value is 4.35. The molecule has 0 aromatic heterocycles. The summed E-state index contributed by atoms with van der Waals surface area (Å²) in [5, 5.41) is 0. The Morgan fingerprint density at radius 3 is 0.333 bits per heavy atom. The van der Waals surface area contributed by atoms with Gasteiger partial charge in [-0.15, -0.1) is 0 Å². The first-order valence-corrected chi connectivity index (χ1v) is 0. The van der Waals surface area contributed by atoms with E-state index in [1.807, 2.05) is 0 Å². The third kappa shape index (κ3) is 23.8. The monoisotopic (exact) mass is 604 g/mol. The average Bonchev–Trinajstić information content (AvgIpc) is 0. The molecule has 0 aliphatic heterocycles. The van der Waals surface area contributed by atoms with E-state index in [4.69, 9.17) is 0 Å². The van der Waals surface area contributed by atoms with Gasteiger partial charge in [0.25, 0.3) is 0 Å². The number of halogens is 4. The molecule has 0 aromatic rings. The molecule has 0 bridgehead atoms. The van der Waals surface area contributed by atoms with E-state index in [1.54, 1.807) is 0 Å². The molecule has 0 nitrogen and oxygen atoms in total. The van der Waals surface area contributed by atoms with E-state index in [-0.39, 0.29) is 139 Å². The maximum Gasteiger partial charge on any atom is 2.00 e. The molecule has 0 aromatic carbocycles. The Kier molecular flexibility index (Phi) is 275. The molecule has 0 amide bonds. The van der Waals surface area contributed by atoms with Crippen LogP contribution >= 0.6 is 0 Å². The fourth-order valence-electron chi connectivity index (χ4n) is 0. The summed E-state index contributed by atoms with van der Waals surface area (Å²) in [7, 11) is 0. The van der Waals surface area contributed by atoms with Crippen LogP contribution in [0.25, 0.3) is 0 Å². The third-order valence-electron chi connectivity index (χ3n) is 0. The van der Waals surface area contributed by atoms with E-state index in [0.29, 0.717) is 0 Å². The maximum atomic E-state index is 0. The summed E-state index contributed by atoms with van der Waals surface area (Å²) in [5.41, 5.74) is 0. The van der Waals surface area contributed by atoms with Crippen molar-refractivity contribution >= 4 is 0 Å². The van der Waals surface area contributed by atoms with Crippen LogP contribution in [0.15, 0.2) is 0 Å². The molecule has 0 heterocycles. The number of hydrogen-bond donors (Lipinski definition) is 0. The third-order valence-corrected chi connectivity index (χ3v) is 0. The van der Waals surface area contributed by atoms with Gasteiger partial charge in [-0.2, -0.15) is 0 Å². The quantitative estimate of drug-likeness (QED) is 0.191. The van der Waals surface area contributed by atoms with E-state index in [0.717, 1.165) is 0 Å². The summed E-state index contributed by atoms with van der Waals surface area (Å²) >= 11 is 0. The van der Waals surface area contributed by atoms with Gasteiger partial charge >= 0.3 is 43.4 Å². The van der Waals surface area contributed by atoms with Gasteiger partial charge in [0.1, 0.15) is 0 Å². The molecule has 0 atom stereocenters. The van der Waals surface area contributed by atoms with Gasteiger partial charge in [-0.05, 0) is 0 Å². The molecule has 0 radical (unpaired) electrons. The van der Waals surface area contributed by atoms with Crippen LogP contribution in [0.3, 0.4) is 0 Å². The first-order valence-electron chi connectivity index (χ1n) is 0. The minimum Gasteiger partial charge on any atom is -1.00 e. The Morgan fingerprint density at radius 1 is 0.333 bits per heavy atom. The predicted molar refractivity (Wildman–Crippen MR) is 0 cm³/mol. The molecule has 0 spiro atoms. The van der Waals surface area contributed by atoms with Gasteiger partial charge in [0.05, 0.1) is 0 Å². The van der Waals surface area contributed by atoms with Gasteiger partial charge in [-0.3, -0.25) is 0 Å². The van der Waals surface area contributed by atoms with Crippen LogP contribution in [-0.2, 0) is 43.4 Å². The number of rotatable bonds is 0. The zero-order valence-electron chi connectivity index (χ0n) is 2.51. The zero-order valence-corrected chi connectivity index (χ0v) is 14.3. The van der Waals surface area contributed by atoms with Crippen LogP contribution in [0, 0.1) is 0 Å². The summed E-state index contributed by atoms with van der Waals surface area (Å²) < 4.78 is 0. The van der Waals surface area contributed by atoms with Crippen molar-refractivity contribution in [3.05, 3.63) is 0 Å². The van der Waals surface area contributed by atoms with Crippen LogP contribution in [-0.4, -0.2) is 0 Å². The Balaban J connectivity index is 0. The molecule has 0 aliphatic rings. The minimum absolute atomic E-state index is 0. The normalized spacial score (nSPS) is 0. The summed E-state index contributed by atoms with van der Waals surface area (Å²) in [5.74, 6) is 0. The Morgan fingerprint density at radius 2 is 0.333 bits per heavy atom. The SMILES string of the molecule is [I-].[I-].[I-].[I-].[Ti+2].[Ti+2]. The molecule has 6 heteroatoms. The molecule has 0 unspecified atom stereocenters. The standard InChI is InChI=1S/4HI.2Ti/h4*1H;;/q;;;;2*+2/p-4. The molecule has 0 rings (SSSR count). The van der Waals surface area contributed by atoms with Gasteiger partial charge in [-0.1, -0.05) is 0 Å². The van der Waals surface area contributed by atoms with Gasteiger partial charge in [0.2, 0.25) is 0 Å². The number of hydrogen-bond acceptors (Lipinski definition) is 0. The van der Waals surface area contributed by atoms with E-state index in [2.05, 4.69) is 0 Å². The fraction of sp³-hybridized carbons (Fsp3) is 0. The minimum atomic E-state index is 0. The molecule has 0 N–H and O–H groups in total. The van der Waals surface area contributed by atoms with E-state index >= 15 is 0 Å². The molecule has 0 saturated heterocycles. The largest absolute Gasteiger partial charge is 2.00 e. The van der Waals surface area contributed by atoms with Crippen molar-refractivity contribution in [3.8, 4) is 0 Å². The van der Waals surface area contributed by atoms with Crippen molar-refractivity contribution in [2.24, 2.45) is 0 Å². The second-order valence-electron chi connectivity index (χ2n) is 0. The van der Waals surface area contributed by atoms with Crippen LogP contribution in [0.4, 0.5) is 0 Å². The van der Waals surface area contributed by atoms with Crippen molar-refractivity contribution in [2.45, 2.75) is 0 Å². The van der Waals surface area contributed by atoms with Gasteiger partial charge in [-0.25, -0.2) is 0 Å². The van der Waals surface area contributed by atoms with Crippen molar-refractivity contribution in [2.75, 3.05) is 0 Å². The fourth-order valence-corrected chi connectivity index (χ4v) is 0. The van der Waals surface area contributed by atoms with Crippen molar-refractivity contribution in [3.63, 3.8) is 0 Å². The molecule has 36 valence electrons. The molecule has 0 aliphatic carbocycles. The zero-order chi connectivity index (χ0) is 0. The molecule has 0 saturated carbocycles. The van der Waals surface area contributed by atoms with Crippen LogP contribution in [0.1, 0.15) is 0 Å². The van der Waals surface area contributed by atoms with Crippen LogP contribution in [0.2, 0.25) is 0 Å². The topological polar surface area (TPSA) is 0 Å². The first-order chi connectivity index (χ1) is 0. The Labute approximate surface area is 136 Å². The van der Waals surface area contributed by atoms with Crippen LogP contribution < -0.4 is 95.9 Å². The second kappa shape index (κ2) is 34.5. The van der Waals surface area contributed by atoms with E-state index < -0.39 is 0 Å². The summed E-state index contributed by atoms with van der Waals surface area (Å²) in [6, 6.07) is 0. The van der Waals surface area contributed by atoms with Crippen LogP contribution in [0.5, 0.6) is 0 Å². The van der Waals surface area contributed by atoms with Gasteiger partial charge in [0, 0.05) is 0 Å². The molecular formula is I4Ti2. The van der Waals surface area contributed by atoms with E-state index in [1.165, 1.54) is 0 Å². The molecular weight excluding hydrogens is 603 g/mol. The second-order valence-corrected chi connectivity index (χ2v) is 0. The maximum absolute atomic E-state index is 0. The van der Waals surface area contributed by atoms with Gasteiger partial charge in [0.15, 0.2) is 0 Å². The summed E-state index contributed by atoms with van der Waals surface area (Å²) in [6.07, 6.45) is 0. The predicted octanol–water partition coefficient (Wildman–Crippen LogP) is -12.0.